The number of aliphatic hydroxyl groups is 1. The molecule has 1 unspecified atom stereocenters. The average Bonchev–Trinajstić information content (AvgIpc) is 2.41. The summed E-state index contributed by atoms with van der Waals surface area (Å²) < 4.78 is 10.5. The van der Waals surface area contributed by atoms with Crippen LogP contribution in [-0.2, 0) is 9.53 Å². The Morgan fingerprint density at radius 3 is 2.65 bits per heavy atom. The highest BCUT2D eigenvalue weighted by molar-refractivity contribution is 5.76. The van der Waals surface area contributed by atoms with Crippen molar-refractivity contribution in [1.29, 1.82) is 0 Å². The molecule has 20 heavy (non-hydrogen) atoms. The zero-order valence-electron chi connectivity index (χ0n) is 12.1. The van der Waals surface area contributed by atoms with Gasteiger partial charge in [0.2, 0.25) is 5.91 Å². The number of carbonyl (C=O) groups is 1. The van der Waals surface area contributed by atoms with Gasteiger partial charge in [0.15, 0.2) is 0 Å². The lowest BCUT2D eigenvalue weighted by molar-refractivity contribution is -0.122. The van der Waals surface area contributed by atoms with Crippen molar-refractivity contribution in [1.82, 2.24) is 5.32 Å². The number of aryl methyl sites for hydroxylation is 1. The quantitative estimate of drug-likeness (QED) is 0.715. The highest BCUT2D eigenvalue weighted by atomic mass is 16.5. The molecule has 2 N–H and O–H groups in total. The lowest BCUT2D eigenvalue weighted by Crippen LogP contribution is -2.39. The fourth-order valence-electron chi connectivity index (χ4n) is 1.75. The molecule has 0 aliphatic rings. The molecule has 0 radical (unpaired) electrons. The van der Waals surface area contributed by atoms with E-state index in [1.54, 1.807) is 7.11 Å². The molecule has 1 atom stereocenters. The molecule has 1 aromatic carbocycles. The molecule has 0 spiro atoms. The minimum absolute atomic E-state index is 0.0220. The summed E-state index contributed by atoms with van der Waals surface area (Å²) in [5, 5.41) is 11.7. The van der Waals surface area contributed by atoms with Gasteiger partial charge in [-0.15, -0.1) is 0 Å². The molecule has 5 nitrogen and oxygen atoms in total. The molecule has 0 fully saturated rings. The zero-order chi connectivity index (χ0) is 14.8. The zero-order valence-corrected chi connectivity index (χ0v) is 12.1. The molecule has 0 aliphatic carbocycles. The van der Waals surface area contributed by atoms with Crippen molar-refractivity contribution in [3.05, 3.63) is 29.8 Å². The molecule has 5 heteroatoms. The second kappa shape index (κ2) is 9.34. The Morgan fingerprint density at radius 1 is 1.35 bits per heavy atom. The Morgan fingerprint density at radius 2 is 2.05 bits per heavy atom. The molecule has 1 aromatic rings. The fraction of sp³-hybridized carbons (Fsp3) is 0.533. The van der Waals surface area contributed by atoms with Gasteiger partial charge < -0.3 is 19.9 Å². The Labute approximate surface area is 119 Å². The Kier molecular flexibility index (Phi) is 7.69. The van der Waals surface area contributed by atoms with Crippen LogP contribution in [0.5, 0.6) is 5.75 Å². The van der Waals surface area contributed by atoms with Crippen molar-refractivity contribution >= 4 is 5.91 Å². The second-order valence-electron chi connectivity index (χ2n) is 4.64. The van der Waals surface area contributed by atoms with E-state index < -0.39 is 0 Å². The summed E-state index contributed by atoms with van der Waals surface area (Å²) in [5.74, 6) is 0.653. The van der Waals surface area contributed by atoms with E-state index >= 15 is 0 Å². The monoisotopic (exact) mass is 281 g/mol. The maximum Gasteiger partial charge on any atom is 0.223 e. The van der Waals surface area contributed by atoms with Gasteiger partial charge in [-0.3, -0.25) is 4.79 Å². The third-order valence-electron chi connectivity index (χ3n) is 2.83. The van der Waals surface area contributed by atoms with E-state index in [0.717, 1.165) is 5.75 Å². The summed E-state index contributed by atoms with van der Waals surface area (Å²) in [6.07, 6.45) is 0.762. The van der Waals surface area contributed by atoms with E-state index in [1.807, 2.05) is 31.2 Å². The van der Waals surface area contributed by atoms with Crippen LogP contribution < -0.4 is 10.1 Å². The van der Waals surface area contributed by atoms with Gasteiger partial charge in [0.05, 0.1) is 25.7 Å². The molecule has 0 bridgehead atoms. The summed E-state index contributed by atoms with van der Waals surface area (Å²) in [6.45, 7) is 2.75. The van der Waals surface area contributed by atoms with Gasteiger partial charge in [-0.2, -0.15) is 0 Å². The standard InChI is InChI=1S/C15H23NO4/c1-12-3-5-14(6-4-12)20-10-8-15(18)16-13(7-9-17)11-19-2/h3-6,13,17H,7-11H2,1-2H3,(H,16,18). The van der Waals surface area contributed by atoms with Crippen LogP contribution >= 0.6 is 0 Å². The molecule has 0 saturated heterocycles. The SMILES string of the molecule is COCC(CCO)NC(=O)CCOc1ccc(C)cc1. The van der Waals surface area contributed by atoms with Crippen molar-refractivity contribution in [2.75, 3.05) is 26.9 Å². The number of aliphatic hydroxyl groups excluding tert-OH is 1. The Hall–Kier alpha value is -1.59. The summed E-state index contributed by atoms with van der Waals surface area (Å²) in [6, 6.07) is 7.53. The van der Waals surface area contributed by atoms with E-state index in [2.05, 4.69) is 5.32 Å². The highest BCUT2D eigenvalue weighted by Gasteiger charge is 2.11. The topological polar surface area (TPSA) is 67.8 Å². The lowest BCUT2D eigenvalue weighted by Gasteiger charge is -2.16. The number of nitrogens with one attached hydrogen (secondary N) is 1. The second-order valence-corrected chi connectivity index (χ2v) is 4.64. The number of hydrogen-bond acceptors (Lipinski definition) is 4. The van der Waals surface area contributed by atoms with E-state index in [1.165, 1.54) is 5.56 Å². The Bertz CT molecular complexity index is 385. The van der Waals surface area contributed by atoms with Crippen LogP contribution in [0.2, 0.25) is 0 Å². The Balaban J connectivity index is 2.26. The molecular formula is C15H23NO4. The average molecular weight is 281 g/mol. The van der Waals surface area contributed by atoms with Gasteiger partial charge in [-0.1, -0.05) is 17.7 Å². The number of methoxy groups -OCH3 is 1. The van der Waals surface area contributed by atoms with E-state index in [0.29, 0.717) is 19.6 Å². The number of ether oxygens (including phenoxy) is 2. The summed E-state index contributed by atoms with van der Waals surface area (Å²) in [4.78, 5) is 11.7. The van der Waals surface area contributed by atoms with Crippen molar-refractivity contribution < 1.29 is 19.4 Å². The molecule has 112 valence electrons. The minimum atomic E-state index is -0.156. The summed E-state index contributed by atoms with van der Waals surface area (Å²) in [5.41, 5.74) is 1.17. The van der Waals surface area contributed by atoms with Crippen LogP contribution in [0.4, 0.5) is 0 Å². The predicted octanol–water partition coefficient (Wildman–Crippen LogP) is 1.28. The molecule has 1 amide bonds. The first-order chi connectivity index (χ1) is 9.65. The third-order valence-corrected chi connectivity index (χ3v) is 2.83. The van der Waals surface area contributed by atoms with Crippen LogP contribution in [-0.4, -0.2) is 44.0 Å². The first kappa shape index (κ1) is 16.5. The summed E-state index contributed by atoms with van der Waals surface area (Å²) >= 11 is 0. The largest absolute Gasteiger partial charge is 0.493 e. The number of benzene rings is 1. The van der Waals surface area contributed by atoms with Crippen LogP contribution in [0.15, 0.2) is 24.3 Å². The molecule has 0 aromatic heterocycles. The van der Waals surface area contributed by atoms with Crippen molar-refractivity contribution in [3.63, 3.8) is 0 Å². The molecular weight excluding hydrogens is 258 g/mol. The molecule has 0 heterocycles. The number of rotatable bonds is 9. The van der Waals surface area contributed by atoms with E-state index in [9.17, 15) is 4.79 Å². The summed E-state index contributed by atoms with van der Waals surface area (Å²) in [7, 11) is 1.57. The van der Waals surface area contributed by atoms with E-state index in [4.69, 9.17) is 14.6 Å². The van der Waals surface area contributed by atoms with Gasteiger partial charge in [0.1, 0.15) is 5.75 Å². The number of hydrogen-bond donors (Lipinski definition) is 2. The fourth-order valence-corrected chi connectivity index (χ4v) is 1.75. The third kappa shape index (κ3) is 6.54. The van der Waals surface area contributed by atoms with Gasteiger partial charge in [0.25, 0.3) is 0 Å². The predicted molar refractivity (Wildman–Crippen MR) is 76.8 cm³/mol. The normalized spacial score (nSPS) is 11.9. The maximum absolute atomic E-state index is 11.7. The highest BCUT2D eigenvalue weighted by Crippen LogP contribution is 2.11. The minimum Gasteiger partial charge on any atom is -0.493 e. The van der Waals surface area contributed by atoms with Crippen LogP contribution in [0, 0.1) is 6.92 Å². The van der Waals surface area contributed by atoms with Gasteiger partial charge >= 0.3 is 0 Å². The van der Waals surface area contributed by atoms with E-state index in [-0.39, 0.29) is 25.0 Å². The van der Waals surface area contributed by atoms with Crippen LogP contribution in [0.3, 0.4) is 0 Å². The smallest absolute Gasteiger partial charge is 0.223 e. The lowest BCUT2D eigenvalue weighted by atomic mass is 10.2. The van der Waals surface area contributed by atoms with Crippen molar-refractivity contribution in [2.24, 2.45) is 0 Å². The number of carbonyl (C=O) groups excluding carboxylic acids is 1. The van der Waals surface area contributed by atoms with Gasteiger partial charge in [-0.25, -0.2) is 0 Å². The van der Waals surface area contributed by atoms with Crippen LogP contribution in [0.25, 0.3) is 0 Å². The van der Waals surface area contributed by atoms with Gasteiger partial charge in [0, 0.05) is 13.7 Å². The van der Waals surface area contributed by atoms with Gasteiger partial charge in [-0.05, 0) is 25.5 Å². The molecule has 0 saturated carbocycles. The maximum atomic E-state index is 11.7. The molecule has 0 aliphatic heterocycles. The number of amides is 1. The van der Waals surface area contributed by atoms with Crippen molar-refractivity contribution in [2.45, 2.75) is 25.8 Å². The first-order valence-corrected chi connectivity index (χ1v) is 6.74. The first-order valence-electron chi connectivity index (χ1n) is 6.74. The molecule has 1 rings (SSSR count). The van der Waals surface area contributed by atoms with Crippen LogP contribution in [0.1, 0.15) is 18.4 Å². The van der Waals surface area contributed by atoms with Crippen molar-refractivity contribution in [3.8, 4) is 5.75 Å².